The molecule has 14 nitrogen and oxygen atoms in total. The second-order valence-corrected chi connectivity index (χ2v) is 18.2. The maximum Gasteiger partial charge on any atom is 0.408 e. The Balaban J connectivity index is 1.54. The molecule has 4 N–H and O–H groups in total. The molecule has 0 bridgehead atoms. The molecule has 1 aromatic carbocycles. The summed E-state index contributed by atoms with van der Waals surface area (Å²) in [6.07, 6.45) is 6.20. The Morgan fingerprint density at radius 1 is 0.929 bits per heavy atom. The predicted molar refractivity (Wildman–Crippen MR) is 211 cm³/mol. The summed E-state index contributed by atoms with van der Waals surface area (Å²) in [6, 6.07) is 4.59. The summed E-state index contributed by atoms with van der Waals surface area (Å²) in [5, 5.41) is 10.7. The van der Waals surface area contributed by atoms with Gasteiger partial charge in [0, 0.05) is 20.6 Å². The van der Waals surface area contributed by atoms with E-state index in [0.29, 0.717) is 24.9 Å². The van der Waals surface area contributed by atoms with Crippen LogP contribution in [0.4, 0.5) is 4.79 Å². The number of amides is 6. The van der Waals surface area contributed by atoms with E-state index in [4.69, 9.17) is 4.74 Å². The lowest BCUT2D eigenvalue weighted by atomic mass is 9.78. The van der Waals surface area contributed by atoms with Crippen molar-refractivity contribution >= 4 is 41.4 Å². The molecule has 3 fully saturated rings. The first-order valence-electron chi connectivity index (χ1n) is 20.1. The molecule has 0 radical (unpaired) electrons. The van der Waals surface area contributed by atoms with Crippen LogP contribution in [0.5, 0.6) is 0 Å². The van der Waals surface area contributed by atoms with Gasteiger partial charge in [-0.25, -0.2) is 4.79 Å². The topological polar surface area (TPSA) is 183 Å². The molecule has 6 amide bonds. The van der Waals surface area contributed by atoms with Crippen LogP contribution in [0.3, 0.4) is 0 Å². The van der Waals surface area contributed by atoms with Crippen molar-refractivity contribution < 1.29 is 38.3 Å². The minimum absolute atomic E-state index is 0.0353. The number of ether oxygens (including phenoxy) is 1. The van der Waals surface area contributed by atoms with E-state index < -0.39 is 71.3 Å². The normalized spacial score (nSPS) is 25.9. The summed E-state index contributed by atoms with van der Waals surface area (Å²) in [7, 11) is 3.14. The summed E-state index contributed by atoms with van der Waals surface area (Å²) in [5.74, 6) is -4.06. The lowest BCUT2D eigenvalue weighted by Gasteiger charge is -2.39. The molecule has 0 aromatic heterocycles. The third-order valence-corrected chi connectivity index (χ3v) is 11.7. The number of rotatable bonds is 8. The molecule has 6 atom stereocenters. The average molecular weight is 781 g/mol. The number of hydrogen-bond acceptors (Lipinski definition) is 8. The molecule has 0 spiro atoms. The van der Waals surface area contributed by atoms with Gasteiger partial charge in [0.05, 0.1) is 12.6 Å². The number of hydrogen-bond donors (Lipinski definition) is 4. The van der Waals surface area contributed by atoms with E-state index in [-0.39, 0.29) is 35.5 Å². The number of likely N-dealkylation sites (N-methyl/N-ethyl adjacent to an activating group) is 1. The van der Waals surface area contributed by atoms with Crippen molar-refractivity contribution in [3.05, 3.63) is 35.9 Å². The third-order valence-electron chi connectivity index (χ3n) is 11.7. The highest BCUT2D eigenvalue weighted by atomic mass is 16.6. The quantitative estimate of drug-likeness (QED) is 0.285. The number of alkyl carbamates (subject to hydrolysis) is 1. The number of piperidine rings is 1. The largest absolute Gasteiger partial charge is 0.444 e. The van der Waals surface area contributed by atoms with Gasteiger partial charge in [-0.2, -0.15) is 0 Å². The van der Waals surface area contributed by atoms with Crippen molar-refractivity contribution in [2.75, 3.05) is 27.2 Å². The van der Waals surface area contributed by atoms with E-state index in [1.165, 1.54) is 4.90 Å². The minimum atomic E-state index is -1.20. The van der Waals surface area contributed by atoms with Crippen molar-refractivity contribution in [3.8, 4) is 0 Å². The Kier molecular flexibility index (Phi) is 14.4. The lowest BCUT2D eigenvalue weighted by molar-refractivity contribution is -0.145. The molecule has 310 valence electrons. The van der Waals surface area contributed by atoms with Crippen LogP contribution in [0.15, 0.2) is 30.3 Å². The van der Waals surface area contributed by atoms with Crippen LogP contribution in [-0.2, 0) is 33.5 Å². The molecule has 2 heterocycles. The molecule has 2 saturated heterocycles. The van der Waals surface area contributed by atoms with Crippen LogP contribution in [0.1, 0.15) is 118 Å². The number of nitrogens with one attached hydrogen (secondary N) is 4. The lowest BCUT2D eigenvalue weighted by Crippen LogP contribution is -2.61. The summed E-state index contributed by atoms with van der Waals surface area (Å²) in [6.45, 7) is 13.0. The molecule has 1 unspecified atom stereocenters. The Morgan fingerprint density at radius 3 is 2.14 bits per heavy atom. The average Bonchev–Trinajstić information content (AvgIpc) is 3.42. The third kappa shape index (κ3) is 11.1. The van der Waals surface area contributed by atoms with Gasteiger partial charge in [0.15, 0.2) is 0 Å². The zero-order chi connectivity index (χ0) is 41.6. The second kappa shape index (κ2) is 18.2. The van der Waals surface area contributed by atoms with Gasteiger partial charge in [0.1, 0.15) is 23.7 Å². The Morgan fingerprint density at radius 2 is 1.54 bits per heavy atom. The fraction of sp³-hybridized carbons (Fsp3) is 0.690. The zero-order valence-corrected chi connectivity index (χ0v) is 34.8. The van der Waals surface area contributed by atoms with Crippen LogP contribution in [0, 0.1) is 22.7 Å². The van der Waals surface area contributed by atoms with Crippen molar-refractivity contribution in [1.82, 2.24) is 31.1 Å². The molecular weight excluding hydrogens is 716 g/mol. The van der Waals surface area contributed by atoms with Crippen LogP contribution in [0.2, 0.25) is 0 Å². The maximum absolute atomic E-state index is 14.6. The van der Waals surface area contributed by atoms with Gasteiger partial charge in [-0.1, -0.05) is 103 Å². The summed E-state index contributed by atoms with van der Waals surface area (Å²) in [5.41, 5.74) is -1.14. The van der Waals surface area contributed by atoms with Crippen LogP contribution in [0.25, 0.3) is 0 Å². The number of carbonyl (C=O) groups is 7. The smallest absolute Gasteiger partial charge is 0.408 e. The molecule has 3 aliphatic rings. The first-order chi connectivity index (χ1) is 26.2. The fourth-order valence-electron chi connectivity index (χ4n) is 8.29. The Bertz CT molecular complexity index is 1620. The van der Waals surface area contributed by atoms with Gasteiger partial charge in [-0.3, -0.25) is 28.8 Å². The van der Waals surface area contributed by atoms with Gasteiger partial charge < -0.3 is 35.8 Å². The van der Waals surface area contributed by atoms with Gasteiger partial charge in [0.25, 0.3) is 5.91 Å². The minimum Gasteiger partial charge on any atom is -0.444 e. The van der Waals surface area contributed by atoms with Crippen LogP contribution < -0.4 is 21.3 Å². The van der Waals surface area contributed by atoms with E-state index in [1.54, 1.807) is 70.1 Å². The monoisotopic (exact) mass is 780 g/mol. The van der Waals surface area contributed by atoms with Crippen molar-refractivity contribution in [2.24, 2.45) is 22.7 Å². The first-order valence-corrected chi connectivity index (χ1v) is 20.1. The zero-order valence-electron chi connectivity index (χ0n) is 34.8. The molecular formula is C42H64N6O8. The molecule has 1 saturated carbocycles. The second-order valence-electron chi connectivity index (χ2n) is 18.2. The van der Waals surface area contributed by atoms with E-state index in [0.717, 1.165) is 38.5 Å². The standard InChI is InChI=1S/C42H64N6O8/c1-40(2,3)56-39(55)46-34-38(54)48-25-27-30(42(27,6)7)32(48)35(51)44-28(22-18-13-11-10-12-14-19-23-41(34,4)5)33(50)36(52)43-24-29(49)45-31(37(53)47(8)9)26-20-16-15-17-21-26/h15-17,20-21,27-28,30-32,34H,10-14,18-19,22-25H2,1-9H3,(H,43,52)(H,44,51)(H,45,49)(H,46,55)/t27?,28-,30-,31-,32-,34+/m0/s1. The summed E-state index contributed by atoms with van der Waals surface area (Å²) in [4.78, 5) is 98.1. The Hall–Kier alpha value is -4.49. The molecule has 14 heteroatoms. The number of carbonyl (C=O) groups excluding carboxylic acids is 7. The molecule has 2 aliphatic heterocycles. The highest BCUT2D eigenvalue weighted by Gasteiger charge is 2.70. The molecule has 4 rings (SSSR count). The number of nitrogens with zero attached hydrogens (tertiary/aromatic N) is 2. The van der Waals surface area contributed by atoms with Gasteiger partial charge in [0.2, 0.25) is 29.4 Å². The van der Waals surface area contributed by atoms with Gasteiger partial charge in [-0.15, -0.1) is 0 Å². The van der Waals surface area contributed by atoms with E-state index in [1.807, 2.05) is 13.8 Å². The van der Waals surface area contributed by atoms with Crippen molar-refractivity contribution in [1.29, 1.82) is 0 Å². The summed E-state index contributed by atoms with van der Waals surface area (Å²) < 4.78 is 5.57. The maximum atomic E-state index is 14.6. The van der Waals surface area contributed by atoms with Crippen molar-refractivity contribution in [2.45, 2.75) is 136 Å². The number of Topliss-reactive ketones (excluding diaryl/α,β-unsaturated/α-hetero) is 1. The summed E-state index contributed by atoms with van der Waals surface area (Å²) >= 11 is 0. The number of benzene rings is 1. The predicted octanol–water partition coefficient (Wildman–Crippen LogP) is 4.03. The molecule has 56 heavy (non-hydrogen) atoms. The first kappa shape index (κ1) is 44.2. The molecule has 1 aromatic rings. The van der Waals surface area contributed by atoms with Crippen LogP contribution >= 0.6 is 0 Å². The van der Waals surface area contributed by atoms with E-state index in [9.17, 15) is 33.6 Å². The number of ketones is 1. The van der Waals surface area contributed by atoms with E-state index in [2.05, 4.69) is 35.1 Å². The van der Waals surface area contributed by atoms with Gasteiger partial charge >= 0.3 is 6.09 Å². The fourth-order valence-corrected chi connectivity index (χ4v) is 8.29. The molecule has 1 aliphatic carbocycles. The van der Waals surface area contributed by atoms with E-state index >= 15 is 0 Å². The number of fused-ring (bicyclic) bond motifs is 3. The van der Waals surface area contributed by atoms with Gasteiger partial charge in [-0.05, 0) is 61.8 Å². The van der Waals surface area contributed by atoms with Crippen molar-refractivity contribution in [3.63, 3.8) is 0 Å². The van der Waals surface area contributed by atoms with Crippen LogP contribution in [-0.4, -0.2) is 102 Å². The highest BCUT2D eigenvalue weighted by molar-refractivity contribution is 6.38. The SMILES string of the molecule is CN(C)C(=O)[C@@H](NC(=O)CNC(=O)C(=O)[C@@H]1CCCCCCCCCC(C)(C)[C@H](NC(=O)OC(C)(C)C)C(=O)N2CC3[C@@H]([C@H]2C(=O)N1)C3(C)C)c1ccccc1. The Labute approximate surface area is 332 Å². The highest BCUT2D eigenvalue weighted by Crippen LogP contribution is 2.65.